The Morgan fingerprint density at radius 3 is 2.40 bits per heavy atom. The highest BCUT2D eigenvalue weighted by Gasteiger charge is 2.12. The van der Waals surface area contributed by atoms with Gasteiger partial charge in [0.05, 0.1) is 5.69 Å². The van der Waals surface area contributed by atoms with Gasteiger partial charge in [0, 0.05) is 23.7 Å². The molecule has 0 unspecified atom stereocenters. The van der Waals surface area contributed by atoms with E-state index in [2.05, 4.69) is 38.3 Å². The molecule has 1 rings (SSSR count). The standard InChI is InChI=1S/C11H20N2S2/c1-4-7-9-10(8-14)15-11(12-9)13(5-2)6-3/h14H,4-8H2,1-3H3. The molecule has 0 N–H and O–H groups in total. The first-order valence-corrected chi connectivity index (χ1v) is 7.06. The van der Waals surface area contributed by atoms with Crippen LogP contribution in [-0.4, -0.2) is 18.1 Å². The number of aryl methyl sites for hydroxylation is 1. The topological polar surface area (TPSA) is 16.1 Å². The summed E-state index contributed by atoms with van der Waals surface area (Å²) in [6.45, 7) is 8.59. The van der Waals surface area contributed by atoms with E-state index in [1.54, 1.807) is 11.3 Å². The van der Waals surface area contributed by atoms with Crippen molar-refractivity contribution in [2.24, 2.45) is 0 Å². The van der Waals surface area contributed by atoms with Crippen molar-refractivity contribution < 1.29 is 0 Å². The van der Waals surface area contributed by atoms with Gasteiger partial charge in [0.15, 0.2) is 5.13 Å². The normalized spacial score (nSPS) is 10.7. The molecule has 0 atom stereocenters. The summed E-state index contributed by atoms with van der Waals surface area (Å²) in [5.74, 6) is 0.814. The van der Waals surface area contributed by atoms with Gasteiger partial charge in [0.1, 0.15) is 0 Å². The Kier molecular flexibility index (Phi) is 5.47. The van der Waals surface area contributed by atoms with Crippen LogP contribution in [-0.2, 0) is 12.2 Å². The molecule has 15 heavy (non-hydrogen) atoms. The molecule has 0 fully saturated rings. The summed E-state index contributed by atoms with van der Waals surface area (Å²) in [6.07, 6.45) is 2.23. The van der Waals surface area contributed by atoms with Gasteiger partial charge in [-0.05, 0) is 20.3 Å². The lowest BCUT2D eigenvalue weighted by Gasteiger charge is -2.16. The number of nitrogens with zero attached hydrogens (tertiary/aromatic N) is 2. The van der Waals surface area contributed by atoms with Crippen molar-refractivity contribution in [3.63, 3.8) is 0 Å². The van der Waals surface area contributed by atoms with Crippen molar-refractivity contribution in [2.75, 3.05) is 18.0 Å². The highest BCUT2D eigenvalue weighted by molar-refractivity contribution is 7.79. The summed E-state index contributed by atoms with van der Waals surface area (Å²) in [5.41, 5.74) is 1.25. The Morgan fingerprint density at radius 2 is 1.93 bits per heavy atom. The van der Waals surface area contributed by atoms with Crippen LogP contribution in [0.2, 0.25) is 0 Å². The van der Waals surface area contributed by atoms with Crippen molar-refractivity contribution in [2.45, 2.75) is 39.4 Å². The van der Waals surface area contributed by atoms with Gasteiger partial charge in [-0.2, -0.15) is 12.6 Å². The summed E-state index contributed by atoms with van der Waals surface area (Å²) in [7, 11) is 0. The first-order valence-electron chi connectivity index (χ1n) is 5.61. The van der Waals surface area contributed by atoms with E-state index in [0.29, 0.717) is 0 Å². The molecule has 0 aromatic carbocycles. The molecule has 0 amide bonds. The Bertz CT molecular complexity index is 293. The third kappa shape index (κ3) is 3.11. The minimum absolute atomic E-state index is 0.814. The second-order valence-electron chi connectivity index (χ2n) is 3.45. The quantitative estimate of drug-likeness (QED) is 0.772. The van der Waals surface area contributed by atoms with Crippen molar-refractivity contribution in [1.29, 1.82) is 0 Å². The predicted molar refractivity (Wildman–Crippen MR) is 72.4 cm³/mol. The minimum Gasteiger partial charge on any atom is -0.349 e. The number of rotatable bonds is 6. The molecule has 2 nitrogen and oxygen atoms in total. The summed E-state index contributed by atoms with van der Waals surface area (Å²) >= 11 is 6.16. The predicted octanol–water partition coefficient (Wildman–Crippen LogP) is 3.37. The van der Waals surface area contributed by atoms with Gasteiger partial charge in [-0.1, -0.05) is 13.3 Å². The van der Waals surface area contributed by atoms with E-state index in [9.17, 15) is 0 Å². The van der Waals surface area contributed by atoms with Crippen molar-refractivity contribution >= 4 is 29.1 Å². The zero-order valence-corrected chi connectivity index (χ0v) is 11.5. The third-order valence-electron chi connectivity index (χ3n) is 2.43. The molecule has 1 heterocycles. The van der Waals surface area contributed by atoms with Gasteiger partial charge in [-0.15, -0.1) is 11.3 Å². The first-order chi connectivity index (χ1) is 7.26. The van der Waals surface area contributed by atoms with E-state index in [1.807, 2.05) is 0 Å². The Balaban J connectivity index is 2.90. The van der Waals surface area contributed by atoms with E-state index in [-0.39, 0.29) is 0 Å². The van der Waals surface area contributed by atoms with Crippen LogP contribution in [0.15, 0.2) is 0 Å². The van der Waals surface area contributed by atoms with Crippen LogP contribution in [0.1, 0.15) is 37.8 Å². The maximum absolute atomic E-state index is 4.71. The smallest absolute Gasteiger partial charge is 0.185 e. The van der Waals surface area contributed by atoms with Crippen LogP contribution < -0.4 is 4.90 Å². The molecule has 0 bridgehead atoms. The van der Waals surface area contributed by atoms with E-state index in [0.717, 1.165) is 36.8 Å². The van der Waals surface area contributed by atoms with Crippen LogP contribution in [0.5, 0.6) is 0 Å². The summed E-state index contributed by atoms with van der Waals surface area (Å²) < 4.78 is 0. The maximum Gasteiger partial charge on any atom is 0.185 e. The number of thiol groups is 1. The molecule has 4 heteroatoms. The lowest BCUT2D eigenvalue weighted by Crippen LogP contribution is -2.21. The summed E-state index contributed by atoms with van der Waals surface area (Å²) in [6, 6.07) is 0. The van der Waals surface area contributed by atoms with Crippen LogP contribution in [0, 0.1) is 0 Å². The maximum atomic E-state index is 4.71. The number of hydrogen-bond acceptors (Lipinski definition) is 4. The number of thiazole rings is 1. The van der Waals surface area contributed by atoms with E-state index in [1.165, 1.54) is 10.6 Å². The van der Waals surface area contributed by atoms with Crippen LogP contribution in [0.3, 0.4) is 0 Å². The molecule has 0 spiro atoms. The van der Waals surface area contributed by atoms with E-state index < -0.39 is 0 Å². The van der Waals surface area contributed by atoms with Gasteiger partial charge in [-0.25, -0.2) is 4.98 Å². The van der Waals surface area contributed by atoms with Gasteiger partial charge >= 0.3 is 0 Å². The SMILES string of the molecule is CCCc1nc(N(CC)CC)sc1CS. The highest BCUT2D eigenvalue weighted by atomic mass is 32.1. The van der Waals surface area contributed by atoms with E-state index >= 15 is 0 Å². The lowest BCUT2D eigenvalue weighted by atomic mass is 10.2. The fourth-order valence-electron chi connectivity index (χ4n) is 1.55. The molecule has 1 aromatic rings. The zero-order valence-electron chi connectivity index (χ0n) is 9.79. The lowest BCUT2D eigenvalue weighted by molar-refractivity contribution is 0.838. The Morgan fingerprint density at radius 1 is 1.27 bits per heavy atom. The Labute approximate surface area is 102 Å². The molecular formula is C11H20N2S2. The minimum atomic E-state index is 0.814. The summed E-state index contributed by atoms with van der Waals surface area (Å²) in [5, 5.41) is 1.16. The largest absolute Gasteiger partial charge is 0.349 e. The van der Waals surface area contributed by atoms with Crippen molar-refractivity contribution in [3.05, 3.63) is 10.6 Å². The Hall–Kier alpha value is -0.220. The second-order valence-corrected chi connectivity index (χ2v) is 4.83. The summed E-state index contributed by atoms with van der Waals surface area (Å²) in [4.78, 5) is 8.35. The van der Waals surface area contributed by atoms with Crippen molar-refractivity contribution in [1.82, 2.24) is 4.98 Å². The molecule has 0 aliphatic rings. The molecule has 0 aliphatic carbocycles. The average Bonchev–Trinajstić information content (AvgIpc) is 2.64. The van der Waals surface area contributed by atoms with Gasteiger partial charge in [0.25, 0.3) is 0 Å². The fourth-order valence-corrected chi connectivity index (χ4v) is 3.02. The van der Waals surface area contributed by atoms with Gasteiger partial charge in [-0.3, -0.25) is 0 Å². The monoisotopic (exact) mass is 244 g/mol. The average molecular weight is 244 g/mol. The van der Waals surface area contributed by atoms with Gasteiger partial charge in [0.2, 0.25) is 0 Å². The fraction of sp³-hybridized carbons (Fsp3) is 0.727. The first kappa shape index (κ1) is 12.8. The van der Waals surface area contributed by atoms with Crippen molar-refractivity contribution in [3.8, 4) is 0 Å². The van der Waals surface area contributed by atoms with Crippen LogP contribution in [0.4, 0.5) is 5.13 Å². The zero-order chi connectivity index (χ0) is 11.3. The molecular weight excluding hydrogens is 224 g/mol. The second kappa shape index (κ2) is 6.38. The molecule has 0 saturated heterocycles. The van der Waals surface area contributed by atoms with E-state index in [4.69, 9.17) is 4.98 Å². The van der Waals surface area contributed by atoms with Crippen LogP contribution >= 0.6 is 24.0 Å². The third-order valence-corrected chi connectivity index (χ3v) is 4.12. The number of aromatic nitrogens is 1. The van der Waals surface area contributed by atoms with Crippen LogP contribution in [0.25, 0.3) is 0 Å². The highest BCUT2D eigenvalue weighted by Crippen LogP contribution is 2.28. The van der Waals surface area contributed by atoms with Gasteiger partial charge < -0.3 is 4.90 Å². The molecule has 1 aromatic heterocycles. The number of anilines is 1. The number of hydrogen-bond donors (Lipinski definition) is 1. The molecule has 86 valence electrons. The molecule has 0 radical (unpaired) electrons. The molecule has 0 saturated carbocycles. The molecule has 0 aliphatic heterocycles.